The number of carbonyl (C=O) groups excluding carboxylic acids is 2. The quantitative estimate of drug-likeness (QED) is 0.315. The molecule has 5 atom stereocenters. The maximum atomic E-state index is 13.8. The minimum absolute atomic E-state index is 0.0398. The van der Waals surface area contributed by atoms with Crippen LogP contribution in [0.5, 0.6) is 0 Å². The van der Waals surface area contributed by atoms with Crippen LogP contribution in [0.4, 0.5) is 0 Å². The van der Waals surface area contributed by atoms with E-state index in [1.807, 2.05) is 30.3 Å². The Kier molecular flexibility index (Phi) is 9.89. The maximum absolute atomic E-state index is 13.8. The van der Waals surface area contributed by atoms with Gasteiger partial charge in [0.05, 0.1) is 13.2 Å². The molecule has 0 radical (unpaired) electrons. The van der Waals surface area contributed by atoms with Crippen molar-refractivity contribution < 1.29 is 24.2 Å². The molecular formula is C26H39N3O5. The van der Waals surface area contributed by atoms with Gasteiger partial charge in [-0.05, 0) is 63.0 Å². The predicted molar refractivity (Wildman–Crippen MR) is 129 cm³/mol. The van der Waals surface area contributed by atoms with Crippen molar-refractivity contribution >= 4 is 17.8 Å². The molecule has 1 amide bonds. The first-order valence-electron chi connectivity index (χ1n) is 12.6. The molecule has 0 spiro atoms. The first-order valence-corrected chi connectivity index (χ1v) is 12.6. The molecule has 2 aliphatic rings. The van der Waals surface area contributed by atoms with Crippen molar-refractivity contribution in [2.45, 2.75) is 88.4 Å². The zero-order valence-electron chi connectivity index (χ0n) is 20.2. The summed E-state index contributed by atoms with van der Waals surface area (Å²) in [4.78, 5) is 40.2. The van der Waals surface area contributed by atoms with Gasteiger partial charge in [-0.15, -0.1) is 0 Å². The number of ether oxygens (including phenoxy) is 1. The molecule has 34 heavy (non-hydrogen) atoms. The number of hydrogen-bond donors (Lipinski definition) is 3. The van der Waals surface area contributed by atoms with Crippen molar-refractivity contribution in [3.63, 3.8) is 0 Å². The van der Waals surface area contributed by atoms with Gasteiger partial charge in [-0.2, -0.15) is 0 Å². The van der Waals surface area contributed by atoms with E-state index in [2.05, 4.69) is 5.32 Å². The summed E-state index contributed by atoms with van der Waals surface area (Å²) in [6, 6.07) is 7.69. The van der Waals surface area contributed by atoms with Crippen LogP contribution in [-0.2, 0) is 25.5 Å². The third kappa shape index (κ3) is 6.57. The number of aryl methyl sites for hydroxylation is 1. The molecule has 0 bridgehead atoms. The molecule has 1 aliphatic carbocycles. The zero-order valence-corrected chi connectivity index (χ0v) is 20.2. The summed E-state index contributed by atoms with van der Waals surface area (Å²) in [5.74, 6) is -1.35. The van der Waals surface area contributed by atoms with Crippen LogP contribution >= 0.6 is 0 Å². The largest absolute Gasteiger partial charge is 0.480 e. The lowest BCUT2D eigenvalue weighted by atomic mass is 9.84. The van der Waals surface area contributed by atoms with Gasteiger partial charge in [0.15, 0.2) is 0 Å². The van der Waals surface area contributed by atoms with Crippen LogP contribution in [-0.4, -0.2) is 65.7 Å². The second kappa shape index (κ2) is 12.9. The molecule has 1 heterocycles. The van der Waals surface area contributed by atoms with Gasteiger partial charge in [-0.3, -0.25) is 14.9 Å². The fraction of sp³-hybridized carbons (Fsp3) is 0.654. The summed E-state index contributed by atoms with van der Waals surface area (Å²) in [5, 5.41) is 13.2. The molecule has 1 aliphatic heterocycles. The second-order valence-corrected chi connectivity index (χ2v) is 9.55. The van der Waals surface area contributed by atoms with Crippen LogP contribution in [0, 0.1) is 5.92 Å². The molecule has 1 aromatic carbocycles. The number of nitrogens with zero attached hydrogens (tertiary/aromatic N) is 1. The fourth-order valence-corrected chi connectivity index (χ4v) is 5.56. The van der Waals surface area contributed by atoms with Crippen molar-refractivity contribution in [1.82, 2.24) is 10.2 Å². The number of methoxy groups -OCH3 is 1. The van der Waals surface area contributed by atoms with E-state index in [1.165, 1.54) is 7.11 Å². The minimum atomic E-state index is -0.947. The van der Waals surface area contributed by atoms with Gasteiger partial charge < -0.3 is 20.5 Å². The molecule has 3 rings (SSSR count). The number of rotatable bonds is 12. The van der Waals surface area contributed by atoms with Crippen molar-refractivity contribution in [2.75, 3.05) is 13.7 Å². The first kappa shape index (κ1) is 26.2. The Balaban J connectivity index is 1.79. The molecule has 8 nitrogen and oxygen atoms in total. The van der Waals surface area contributed by atoms with Crippen LogP contribution in [0.1, 0.15) is 63.4 Å². The highest BCUT2D eigenvalue weighted by atomic mass is 16.5. The summed E-state index contributed by atoms with van der Waals surface area (Å²) < 4.78 is 5.04. The van der Waals surface area contributed by atoms with Crippen LogP contribution < -0.4 is 11.1 Å². The Hall–Kier alpha value is -2.45. The number of esters is 1. The Morgan fingerprint density at radius 3 is 2.53 bits per heavy atom. The Morgan fingerprint density at radius 1 is 1.12 bits per heavy atom. The predicted octanol–water partition coefficient (Wildman–Crippen LogP) is 2.49. The van der Waals surface area contributed by atoms with Gasteiger partial charge in [-0.25, -0.2) is 4.79 Å². The lowest BCUT2D eigenvalue weighted by Gasteiger charge is -2.36. The normalized spacial score (nSPS) is 23.7. The molecule has 188 valence electrons. The van der Waals surface area contributed by atoms with Gasteiger partial charge in [0.2, 0.25) is 5.91 Å². The van der Waals surface area contributed by atoms with Crippen molar-refractivity contribution in [3.8, 4) is 0 Å². The molecule has 4 N–H and O–H groups in total. The number of fused-ring (bicyclic) bond motifs is 1. The van der Waals surface area contributed by atoms with E-state index in [4.69, 9.17) is 10.5 Å². The summed E-state index contributed by atoms with van der Waals surface area (Å²) in [6.07, 6.45) is 7.50. The van der Waals surface area contributed by atoms with Crippen LogP contribution in [0.15, 0.2) is 30.3 Å². The Labute approximate surface area is 202 Å². The van der Waals surface area contributed by atoms with Gasteiger partial charge in [-0.1, -0.05) is 49.6 Å². The summed E-state index contributed by atoms with van der Waals surface area (Å²) in [6.45, 7) is 0.515. The van der Waals surface area contributed by atoms with Crippen molar-refractivity contribution in [1.29, 1.82) is 0 Å². The number of hydrogen-bond acceptors (Lipinski definition) is 6. The van der Waals surface area contributed by atoms with Crippen molar-refractivity contribution in [2.24, 2.45) is 11.7 Å². The molecular weight excluding hydrogens is 434 g/mol. The minimum Gasteiger partial charge on any atom is -0.480 e. The number of amides is 1. The van der Waals surface area contributed by atoms with Crippen LogP contribution in [0.2, 0.25) is 0 Å². The molecule has 2 fully saturated rings. The monoisotopic (exact) mass is 473 g/mol. The topological polar surface area (TPSA) is 122 Å². The summed E-state index contributed by atoms with van der Waals surface area (Å²) in [7, 11) is 1.35. The van der Waals surface area contributed by atoms with Crippen LogP contribution in [0.3, 0.4) is 0 Å². The van der Waals surface area contributed by atoms with Crippen LogP contribution in [0.25, 0.3) is 0 Å². The van der Waals surface area contributed by atoms with E-state index in [1.54, 1.807) is 4.90 Å². The van der Waals surface area contributed by atoms with E-state index >= 15 is 0 Å². The van der Waals surface area contributed by atoms with E-state index in [0.717, 1.165) is 37.7 Å². The van der Waals surface area contributed by atoms with E-state index < -0.39 is 30.1 Å². The summed E-state index contributed by atoms with van der Waals surface area (Å²) in [5.41, 5.74) is 6.77. The average molecular weight is 474 g/mol. The number of benzene rings is 1. The molecule has 8 heteroatoms. The second-order valence-electron chi connectivity index (χ2n) is 9.55. The summed E-state index contributed by atoms with van der Waals surface area (Å²) >= 11 is 0. The molecule has 0 aromatic heterocycles. The highest BCUT2D eigenvalue weighted by Gasteiger charge is 2.49. The number of nitrogens with two attached hydrogens (primary N) is 1. The molecule has 3 unspecified atom stereocenters. The number of aliphatic carboxylic acids is 1. The Morgan fingerprint density at radius 2 is 1.85 bits per heavy atom. The van der Waals surface area contributed by atoms with Gasteiger partial charge in [0.1, 0.15) is 12.1 Å². The van der Waals surface area contributed by atoms with E-state index in [0.29, 0.717) is 38.6 Å². The lowest BCUT2D eigenvalue weighted by Crippen LogP contribution is -2.56. The van der Waals surface area contributed by atoms with E-state index in [9.17, 15) is 19.5 Å². The highest BCUT2D eigenvalue weighted by Crippen LogP contribution is 2.40. The van der Waals surface area contributed by atoms with Gasteiger partial charge >= 0.3 is 11.9 Å². The molecule has 1 saturated carbocycles. The number of carboxylic acids is 1. The number of likely N-dealkylation sites (tertiary alicyclic amines) is 1. The zero-order chi connectivity index (χ0) is 24.5. The Bertz CT molecular complexity index is 818. The van der Waals surface area contributed by atoms with Gasteiger partial charge in [0, 0.05) is 6.04 Å². The van der Waals surface area contributed by atoms with Gasteiger partial charge in [0.25, 0.3) is 0 Å². The fourth-order valence-electron chi connectivity index (χ4n) is 5.56. The number of carbonyl (C=O) groups is 3. The highest BCUT2D eigenvalue weighted by molar-refractivity contribution is 5.88. The number of carboxylic acid groups (broad SMARTS) is 1. The lowest BCUT2D eigenvalue weighted by molar-refractivity contribution is -0.152. The van der Waals surface area contributed by atoms with Crippen molar-refractivity contribution in [3.05, 3.63) is 35.9 Å². The number of nitrogens with one attached hydrogen (secondary N) is 1. The average Bonchev–Trinajstić information content (AvgIpc) is 3.25. The third-order valence-corrected chi connectivity index (χ3v) is 7.33. The van der Waals surface area contributed by atoms with E-state index in [-0.39, 0.29) is 17.9 Å². The first-order chi connectivity index (χ1) is 16.5. The number of unbranched alkanes of at least 4 members (excludes halogenated alkanes) is 1. The maximum Gasteiger partial charge on any atom is 0.326 e. The third-order valence-electron chi connectivity index (χ3n) is 7.33. The smallest absolute Gasteiger partial charge is 0.326 e. The standard InChI is InChI=1S/C26H39N3O5/c1-34-26(33)21(15-14-18-9-3-2-4-10-18)28-20(12-7-8-16-27)24(30)29-22-13-6-5-11-19(22)17-23(29)25(31)32/h2-4,9-10,19-23,28H,5-8,11-17,27H2,1H3,(H,31,32)/t19?,20?,21-,22?,23-/m0/s1. The molecule has 1 aromatic rings. The molecule has 1 saturated heterocycles. The SMILES string of the molecule is COC(=O)[C@H](CCc1ccccc1)NC(CCCCN)C(=O)N1C2CCCCC2C[C@H]1C(=O)O.